The maximum Gasteiger partial charge on any atom is 0.195 e. The first-order valence-corrected chi connectivity index (χ1v) is 9.79. The van der Waals surface area contributed by atoms with Crippen molar-refractivity contribution in [1.82, 2.24) is 19.7 Å². The first kappa shape index (κ1) is 17.5. The number of piperidine rings is 1. The third-order valence-corrected chi connectivity index (χ3v) is 5.08. The third-order valence-electron chi connectivity index (χ3n) is 4.19. The van der Waals surface area contributed by atoms with Gasteiger partial charge in [-0.15, -0.1) is 10.2 Å². The van der Waals surface area contributed by atoms with Crippen LogP contribution in [0.2, 0.25) is 0 Å². The lowest BCUT2D eigenvalue weighted by atomic mass is 10.1. The van der Waals surface area contributed by atoms with Crippen molar-refractivity contribution < 1.29 is 4.74 Å². The van der Waals surface area contributed by atoms with E-state index in [2.05, 4.69) is 43.9 Å². The van der Waals surface area contributed by atoms with Crippen LogP contribution in [0.1, 0.15) is 32.0 Å². The largest absolute Gasteiger partial charge is 0.381 e. The zero-order chi connectivity index (χ0) is 16.6. The minimum atomic E-state index is 0.740. The molecule has 3 rings (SSSR count). The van der Waals surface area contributed by atoms with Gasteiger partial charge in [0.1, 0.15) is 0 Å². The molecule has 2 heterocycles. The molecule has 1 aliphatic heterocycles. The molecule has 1 fully saturated rings. The molecule has 1 saturated heterocycles. The Morgan fingerprint density at radius 1 is 1.08 bits per heavy atom. The molecular weight excluding hydrogens is 320 g/mol. The van der Waals surface area contributed by atoms with Crippen molar-refractivity contribution in [3.8, 4) is 5.69 Å². The number of rotatable bonds is 8. The van der Waals surface area contributed by atoms with Gasteiger partial charge in [-0.1, -0.05) is 36.4 Å². The fourth-order valence-corrected chi connectivity index (χ4v) is 3.81. The summed E-state index contributed by atoms with van der Waals surface area (Å²) in [6, 6.07) is 10.4. The normalized spacial score (nSPS) is 15.7. The predicted octanol–water partition coefficient (Wildman–Crippen LogP) is 3.38. The van der Waals surface area contributed by atoms with E-state index in [-0.39, 0.29) is 0 Å². The van der Waals surface area contributed by atoms with Crippen molar-refractivity contribution >= 4 is 11.8 Å². The summed E-state index contributed by atoms with van der Waals surface area (Å²) in [5.74, 6) is 1.92. The summed E-state index contributed by atoms with van der Waals surface area (Å²) >= 11 is 1.71. The molecule has 0 radical (unpaired) electrons. The minimum Gasteiger partial charge on any atom is -0.381 e. The number of nitrogens with zero attached hydrogens (tertiary/aromatic N) is 4. The summed E-state index contributed by atoms with van der Waals surface area (Å²) < 4.78 is 7.64. The van der Waals surface area contributed by atoms with Crippen LogP contribution in [-0.2, 0) is 11.3 Å². The molecule has 0 spiro atoms. The van der Waals surface area contributed by atoms with E-state index >= 15 is 0 Å². The number of aromatic nitrogens is 3. The molecule has 5 nitrogen and oxygen atoms in total. The van der Waals surface area contributed by atoms with Crippen LogP contribution in [0.4, 0.5) is 0 Å². The first-order chi connectivity index (χ1) is 11.9. The summed E-state index contributed by atoms with van der Waals surface area (Å²) in [4.78, 5) is 2.49. The number of hydrogen-bond acceptors (Lipinski definition) is 5. The molecule has 1 aromatic heterocycles. The van der Waals surface area contributed by atoms with Crippen molar-refractivity contribution in [2.45, 2.75) is 37.9 Å². The Hall–Kier alpha value is -1.37. The summed E-state index contributed by atoms with van der Waals surface area (Å²) in [5.41, 5.74) is 1.13. The van der Waals surface area contributed by atoms with Gasteiger partial charge in [-0.3, -0.25) is 9.47 Å². The summed E-state index contributed by atoms with van der Waals surface area (Å²) in [7, 11) is 0. The van der Waals surface area contributed by atoms with E-state index < -0.39 is 0 Å². The van der Waals surface area contributed by atoms with Gasteiger partial charge in [-0.25, -0.2) is 0 Å². The molecule has 1 aliphatic rings. The van der Waals surface area contributed by atoms with Crippen LogP contribution >= 0.6 is 11.8 Å². The van der Waals surface area contributed by atoms with Crippen LogP contribution in [0, 0.1) is 0 Å². The zero-order valence-electron chi connectivity index (χ0n) is 14.4. The lowest BCUT2D eigenvalue weighted by Crippen LogP contribution is -2.30. The van der Waals surface area contributed by atoms with Gasteiger partial charge in [0.2, 0.25) is 0 Å². The fourth-order valence-electron chi connectivity index (χ4n) is 2.99. The number of ether oxygens (including phenoxy) is 1. The molecule has 0 unspecified atom stereocenters. The van der Waals surface area contributed by atoms with Gasteiger partial charge in [0.25, 0.3) is 0 Å². The topological polar surface area (TPSA) is 43.2 Å². The van der Waals surface area contributed by atoms with Gasteiger partial charge in [-0.2, -0.15) is 0 Å². The van der Waals surface area contributed by atoms with Crippen molar-refractivity contribution in [2.75, 3.05) is 32.1 Å². The predicted molar refractivity (Wildman–Crippen MR) is 97.7 cm³/mol. The van der Waals surface area contributed by atoms with Gasteiger partial charge in [0, 0.05) is 18.0 Å². The van der Waals surface area contributed by atoms with Crippen LogP contribution in [0.25, 0.3) is 5.69 Å². The van der Waals surface area contributed by atoms with Crippen LogP contribution < -0.4 is 0 Å². The number of thioether (sulfide) groups is 1. The zero-order valence-corrected chi connectivity index (χ0v) is 15.2. The second-order valence-corrected chi connectivity index (χ2v) is 7.01. The summed E-state index contributed by atoms with van der Waals surface area (Å²) in [6.07, 6.45) is 3.92. The van der Waals surface area contributed by atoms with Gasteiger partial charge in [0.05, 0.1) is 13.2 Å². The third kappa shape index (κ3) is 4.59. The van der Waals surface area contributed by atoms with Crippen molar-refractivity contribution in [3.05, 3.63) is 36.2 Å². The van der Waals surface area contributed by atoms with E-state index in [1.807, 2.05) is 13.0 Å². The summed E-state index contributed by atoms with van der Waals surface area (Å²) in [5, 5.41) is 9.90. The standard InChI is InChI=1S/C18H26N4OS/c1-2-23-13-14-24-18-20-19-17(15-21-11-7-4-8-12-21)22(18)16-9-5-3-6-10-16/h3,5-6,9-10H,2,4,7-8,11-15H2,1H3. The molecule has 0 atom stereocenters. The highest BCUT2D eigenvalue weighted by Gasteiger charge is 2.18. The molecule has 0 aliphatic carbocycles. The average molecular weight is 346 g/mol. The van der Waals surface area contributed by atoms with Crippen LogP contribution in [0.5, 0.6) is 0 Å². The molecule has 24 heavy (non-hydrogen) atoms. The van der Waals surface area contributed by atoms with Crippen molar-refractivity contribution in [2.24, 2.45) is 0 Å². The first-order valence-electron chi connectivity index (χ1n) is 8.81. The molecule has 1 aromatic carbocycles. The SMILES string of the molecule is CCOCCSc1nnc(CN2CCCCC2)n1-c1ccccc1. The van der Waals surface area contributed by atoms with E-state index in [4.69, 9.17) is 4.74 Å². The Balaban J connectivity index is 1.78. The summed E-state index contributed by atoms with van der Waals surface area (Å²) in [6.45, 7) is 6.71. The smallest absolute Gasteiger partial charge is 0.195 e. The highest BCUT2D eigenvalue weighted by molar-refractivity contribution is 7.99. The Kier molecular flexibility index (Phi) is 6.69. The van der Waals surface area contributed by atoms with E-state index in [0.717, 1.165) is 55.3 Å². The molecule has 0 bridgehead atoms. The van der Waals surface area contributed by atoms with Crippen LogP contribution in [0.15, 0.2) is 35.5 Å². The van der Waals surface area contributed by atoms with Gasteiger partial charge in [-0.05, 0) is 45.0 Å². The van der Waals surface area contributed by atoms with Crippen molar-refractivity contribution in [1.29, 1.82) is 0 Å². The second-order valence-electron chi connectivity index (χ2n) is 5.95. The average Bonchev–Trinajstić information content (AvgIpc) is 3.03. The number of hydrogen-bond donors (Lipinski definition) is 0. The Labute approximate surface area is 148 Å². The Morgan fingerprint density at radius 2 is 1.88 bits per heavy atom. The molecule has 6 heteroatoms. The monoisotopic (exact) mass is 346 g/mol. The number of likely N-dealkylation sites (tertiary alicyclic amines) is 1. The molecular formula is C18H26N4OS. The quantitative estimate of drug-likeness (QED) is 0.541. The minimum absolute atomic E-state index is 0.740. The Morgan fingerprint density at radius 3 is 2.62 bits per heavy atom. The Bertz CT molecular complexity index is 611. The molecule has 2 aromatic rings. The highest BCUT2D eigenvalue weighted by atomic mass is 32.2. The van der Waals surface area contributed by atoms with E-state index in [1.54, 1.807) is 11.8 Å². The van der Waals surface area contributed by atoms with E-state index in [9.17, 15) is 0 Å². The van der Waals surface area contributed by atoms with Crippen LogP contribution in [0.3, 0.4) is 0 Å². The highest BCUT2D eigenvalue weighted by Crippen LogP contribution is 2.23. The maximum absolute atomic E-state index is 5.44. The van der Waals surface area contributed by atoms with E-state index in [0.29, 0.717) is 0 Å². The molecule has 0 N–H and O–H groups in total. The lowest BCUT2D eigenvalue weighted by molar-refractivity contribution is 0.164. The van der Waals surface area contributed by atoms with Crippen LogP contribution in [-0.4, -0.2) is 51.7 Å². The lowest BCUT2D eigenvalue weighted by Gasteiger charge is -2.26. The van der Waals surface area contributed by atoms with Gasteiger partial charge >= 0.3 is 0 Å². The molecule has 130 valence electrons. The maximum atomic E-state index is 5.44. The number of benzene rings is 1. The molecule has 0 amide bonds. The van der Waals surface area contributed by atoms with Crippen molar-refractivity contribution in [3.63, 3.8) is 0 Å². The van der Waals surface area contributed by atoms with E-state index in [1.165, 1.54) is 19.3 Å². The number of para-hydroxylation sites is 1. The second kappa shape index (κ2) is 9.20. The molecule has 0 saturated carbocycles. The van der Waals surface area contributed by atoms with Gasteiger partial charge in [0.15, 0.2) is 11.0 Å². The fraction of sp³-hybridized carbons (Fsp3) is 0.556. The van der Waals surface area contributed by atoms with Gasteiger partial charge < -0.3 is 4.74 Å².